The fraction of sp³-hybridized carbons (Fsp3) is 0.467. The molecule has 2 rings (SSSR count). The second-order valence-corrected chi connectivity index (χ2v) is 5.29. The normalized spacial score (nSPS) is 19.8. The van der Waals surface area contributed by atoms with Gasteiger partial charge >= 0.3 is 0 Å². The molecule has 21 heavy (non-hydrogen) atoms. The molecule has 1 aliphatic rings. The van der Waals surface area contributed by atoms with E-state index in [1.807, 2.05) is 37.3 Å². The van der Waals surface area contributed by atoms with Gasteiger partial charge in [-0.2, -0.15) is 0 Å². The molecule has 0 aliphatic carbocycles. The fourth-order valence-corrected chi connectivity index (χ4v) is 2.57. The molecule has 1 aliphatic heterocycles. The first-order chi connectivity index (χ1) is 10.1. The monoisotopic (exact) mass is 291 g/mol. The maximum absolute atomic E-state index is 12.7. The summed E-state index contributed by atoms with van der Waals surface area (Å²) in [6, 6.07) is 9.52. The Hall–Kier alpha value is -2.08. The van der Waals surface area contributed by atoms with Crippen molar-refractivity contribution in [2.24, 2.45) is 16.3 Å². The van der Waals surface area contributed by atoms with Gasteiger partial charge in [-0.1, -0.05) is 35.5 Å². The number of hydrogen-bond donors (Lipinski definition) is 3. The van der Waals surface area contributed by atoms with E-state index in [4.69, 9.17) is 15.7 Å². The summed E-state index contributed by atoms with van der Waals surface area (Å²) in [7, 11) is 0. The first-order valence-corrected chi connectivity index (χ1v) is 7.02. The highest BCUT2D eigenvalue weighted by Crippen LogP contribution is 2.32. The van der Waals surface area contributed by atoms with Crippen molar-refractivity contribution in [3.63, 3.8) is 0 Å². The maximum Gasteiger partial charge on any atom is 0.234 e. The van der Waals surface area contributed by atoms with Gasteiger partial charge in [-0.3, -0.25) is 4.79 Å². The average molecular weight is 291 g/mol. The van der Waals surface area contributed by atoms with Gasteiger partial charge < -0.3 is 21.0 Å². The number of nitrogens with two attached hydrogens (primary N) is 1. The van der Waals surface area contributed by atoms with Gasteiger partial charge in [-0.15, -0.1) is 0 Å². The lowest BCUT2D eigenvalue weighted by Crippen LogP contribution is -2.53. The van der Waals surface area contributed by atoms with Crippen LogP contribution in [0.25, 0.3) is 0 Å². The molecule has 1 atom stereocenters. The molecule has 1 aromatic carbocycles. The highest BCUT2D eigenvalue weighted by molar-refractivity contribution is 6.06. The predicted molar refractivity (Wildman–Crippen MR) is 78.9 cm³/mol. The van der Waals surface area contributed by atoms with Gasteiger partial charge in [0.1, 0.15) is 5.41 Å². The van der Waals surface area contributed by atoms with E-state index in [1.54, 1.807) is 0 Å². The second-order valence-electron chi connectivity index (χ2n) is 5.29. The van der Waals surface area contributed by atoms with Crippen molar-refractivity contribution >= 4 is 11.7 Å². The summed E-state index contributed by atoms with van der Waals surface area (Å²) >= 11 is 0. The van der Waals surface area contributed by atoms with Crippen molar-refractivity contribution in [2.45, 2.75) is 25.8 Å². The third-order valence-electron chi connectivity index (χ3n) is 4.03. The lowest BCUT2D eigenvalue weighted by molar-refractivity contribution is -0.132. The zero-order valence-corrected chi connectivity index (χ0v) is 12.1. The van der Waals surface area contributed by atoms with Crippen LogP contribution in [-0.2, 0) is 9.53 Å². The molecule has 0 radical (unpaired) electrons. The lowest BCUT2D eigenvalue weighted by Gasteiger charge is -2.35. The summed E-state index contributed by atoms with van der Waals surface area (Å²) < 4.78 is 5.29. The van der Waals surface area contributed by atoms with E-state index in [2.05, 4.69) is 10.5 Å². The van der Waals surface area contributed by atoms with E-state index in [1.165, 1.54) is 0 Å². The van der Waals surface area contributed by atoms with Crippen molar-refractivity contribution in [2.75, 3.05) is 13.2 Å². The predicted octanol–water partition coefficient (Wildman–Crippen LogP) is 1.41. The molecule has 1 amide bonds. The van der Waals surface area contributed by atoms with E-state index < -0.39 is 5.41 Å². The minimum Gasteiger partial charge on any atom is -0.409 e. The molecule has 1 heterocycles. The number of benzene rings is 1. The molecular formula is C15H21N3O3. The van der Waals surface area contributed by atoms with Gasteiger partial charge in [-0.05, 0) is 25.3 Å². The summed E-state index contributed by atoms with van der Waals surface area (Å²) in [5.74, 6) is -0.277. The number of carbonyl (C=O) groups is 1. The van der Waals surface area contributed by atoms with Crippen molar-refractivity contribution in [1.29, 1.82) is 0 Å². The largest absolute Gasteiger partial charge is 0.409 e. The quantitative estimate of drug-likeness (QED) is 0.338. The number of amidine groups is 1. The van der Waals surface area contributed by atoms with E-state index in [0.717, 1.165) is 5.56 Å². The smallest absolute Gasteiger partial charge is 0.234 e. The van der Waals surface area contributed by atoms with Gasteiger partial charge in [0.25, 0.3) is 0 Å². The Balaban J connectivity index is 2.16. The Bertz CT molecular complexity index is 510. The third kappa shape index (κ3) is 3.16. The molecule has 0 saturated carbocycles. The molecule has 1 saturated heterocycles. The van der Waals surface area contributed by atoms with Gasteiger partial charge in [0, 0.05) is 13.2 Å². The molecule has 1 fully saturated rings. The zero-order valence-electron chi connectivity index (χ0n) is 12.1. The van der Waals surface area contributed by atoms with Crippen molar-refractivity contribution in [1.82, 2.24) is 5.32 Å². The Morgan fingerprint density at radius 2 is 2.00 bits per heavy atom. The standard InChI is InChI=1S/C15H21N3O3/c1-11(12-5-3-2-4-6-12)17-14(19)15(13(16)18-20)7-9-21-10-8-15/h2-6,11,20H,7-10H2,1H3,(H2,16,18)(H,17,19). The zero-order chi connectivity index (χ0) is 15.3. The van der Waals surface area contributed by atoms with Gasteiger partial charge in [0.05, 0.1) is 6.04 Å². The third-order valence-corrected chi connectivity index (χ3v) is 4.03. The van der Waals surface area contributed by atoms with Crippen molar-refractivity contribution in [3.8, 4) is 0 Å². The molecule has 6 nitrogen and oxygen atoms in total. The van der Waals surface area contributed by atoms with E-state index in [0.29, 0.717) is 26.1 Å². The van der Waals surface area contributed by atoms with Crippen LogP contribution >= 0.6 is 0 Å². The Labute approximate surface area is 124 Å². The number of carbonyl (C=O) groups excluding carboxylic acids is 1. The average Bonchev–Trinajstić information content (AvgIpc) is 2.55. The molecule has 0 aromatic heterocycles. The summed E-state index contributed by atoms with van der Waals surface area (Å²) in [6.45, 7) is 2.75. The summed E-state index contributed by atoms with van der Waals surface area (Å²) in [6.07, 6.45) is 0.826. The molecule has 6 heteroatoms. The highest BCUT2D eigenvalue weighted by Gasteiger charge is 2.44. The first-order valence-electron chi connectivity index (χ1n) is 7.02. The van der Waals surface area contributed by atoms with Crippen molar-refractivity contribution < 1.29 is 14.7 Å². The number of nitrogens with zero attached hydrogens (tertiary/aromatic N) is 1. The summed E-state index contributed by atoms with van der Waals surface area (Å²) in [5, 5.41) is 15.0. The molecule has 114 valence electrons. The molecule has 0 bridgehead atoms. The van der Waals surface area contributed by atoms with Gasteiger partial charge in [0.2, 0.25) is 5.91 Å². The Morgan fingerprint density at radius 1 is 1.38 bits per heavy atom. The van der Waals surface area contributed by atoms with Crippen LogP contribution < -0.4 is 11.1 Å². The molecule has 0 spiro atoms. The lowest BCUT2D eigenvalue weighted by atomic mass is 9.78. The van der Waals surface area contributed by atoms with Crippen LogP contribution in [0.15, 0.2) is 35.5 Å². The van der Waals surface area contributed by atoms with E-state index in [9.17, 15) is 4.79 Å². The number of ether oxygens (including phenoxy) is 1. The first kappa shape index (κ1) is 15.3. The van der Waals surface area contributed by atoms with Crippen LogP contribution in [0, 0.1) is 5.41 Å². The number of oxime groups is 1. The van der Waals surface area contributed by atoms with E-state index in [-0.39, 0.29) is 17.8 Å². The number of rotatable bonds is 4. The van der Waals surface area contributed by atoms with E-state index >= 15 is 0 Å². The molecule has 1 aromatic rings. The highest BCUT2D eigenvalue weighted by atomic mass is 16.5. The SMILES string of the molecule is CC(NC(=O)C1(C(N)=NO)CCOCC1)c1ccccc1. The topological polar surface area (TPSA) is 96.9 Å². The minimum absolute atomic E-state index is 0.0523. The maximum atomic E-state index is 12.7. The summed E-state index contributed by atoms with van der Waals surface area (Å²) in [4.78, 5) is 12.7. The van der Waals surface area contributed by atoms with Gasteiger partial charge in [0.15, 0.2) is 5.84 Å². The van der Waals surface area contributed by atoms with Crippen LogP contribution in [0.2, 0.25) is 0 Å². The van der Waals surface area contributed by atoms with Crippen LogP contribution in [0.3, 0.4) is 0 Å². The fourth-order valence-electron chi connectivity index (χ4n) is 2.57. The second kappa shape index (κ2) is 6.58. The van der Waals surface area contributed by atoms with Gasteiger partial charge in [-0.25, -0.2) is 0 Å². The Kier molecular flexibility index (Phi) is 4.80. The van der Waals surface area contributed by atoms with Crippen molar-refractivity contribution in [3.05, 3.63) is 35.9 Å². The molecule has 1 unspecified atom stereocenters. The molecular weight excluding hydrogens is 270 g/mol. The number of nitrogens with one attached hydrogen (secondary N) is 1. The molecule has 4 N–H and O–H groups in total. The van der Waals surface area contributed by atoms with Crippen LogP contribution in [0.1, 0.15) is 31.4 Å². The van der Waals surface area contributed by atoms with Crippen LogP contribution in [0.5, 0.6) is 0 Å². The Morgan fingerprint density at radius 3 is 2.57 bits per heavy atom. The van der Waals surface area contributed by atoms with Crippen LogP contribution in [-0.4, -0.2) is 30.2 Å². The number of hydrogen-bond acceptors (Lipinski definition) is 4. The summed E-state index contributed by atoms with van der Waals surface area (Å²) in [5.41, 5.74) is 5.80. The number of amides is 1. The minimum atomic E-state index is -0.990. The van der Waals surface area contributed by atoms with Crippen LogP contribution in [0.4, 0.5) is 0 Å².